The summed E-state index contributed by atoms with van der Waals surface area (Å²) >= 11 is 0. The first-order valence-electron chi connectivity index (χ1n) is 8.52. The molecule has 1 N–H and O–H groups in total. The number of rotatable bonds is 9. The molecule has 2 rings (SSSR count). The van der Waals surface area contributed by atoms with Crippen LogP contribution in [0.25, 0.3) is 0 Å². The Labute approximate surface area is 148 Å². The predicted molar refractivity (Wildman–Crippen MR) is 99.5 cm³/mol. The van der Waals surface area contributed by atoms with Crippen LogP contribution in [0, 0.1) is 0 Å². The van der Waals surface area contributed by atoms with Gasteiger partial charge in [0.2, 0.25) is 0 Å². The second kappa shape index (κ2) is 10.1. The third kappa shape index (κ3) is 5.95. The van der Waals surface area contributed by atoms with Crippen molar-refractivity contribution in [1.82, 2.24) is 5.43 Å². The van der Waals surface area contributed by atoms with Gasteiger partial charge in [0.25, 0.3) is 5.91 Å². The molecule has 0 fully saturated rings. The summed E-state index contributed by atoms with van der Waals surface area (Å²) in [6, 6.07) is 14.5. The summed E-state index contributed by atoms with van der Waals surface area (Å²) in [5.74, 6) is 1.20. The van der Waals surface area contributed by atoms with Gasteiger partial charge in [-0.1, -0.05) is 32.0 Å². The van der Waals surface area contributed by atoms with Crippen molar-refractivity contribution in [1.29, 1.82) is 0 Å². The molecular formula is C20H24N2O3. The number of carbonyl (C=O) groups excluding carboxylic acids is 1. The van der Waals surface area contributed by atoms with Gasteiger partial charge in [0.15, 0.2) is 0 Å². The van der Waals surface area contributed by atoms with Crippen LogP contribution in [0.2, 0.25) is 0 Å². The number of amides is 1. The van der Waals surface area contributed by atoms with Crippen molar-refractivity contribution in [3.63, 3.8) is 0 Å². The highest BCUT2D eigenvalue weighted by molar-refractivity contribution is 5.95. The van der Waals surface area contributed by atoms with Gasteiger partial charge in [0.05, 0.1) is 19.4 Å². The van der Waals surface area contributed by atoms with E-state index in [0.29, 0.717) is 24.5 Å². The maximum atomic E-state index is 12.0. The fraction of sp³-hybridized carbons (Fsp3) is 0.300. The van der Waals surface area contributed by atoms with E-state index in [1.165, 1.54) is 0 Å². The molecule has 0 aliphatic rings. The zero-order valence-corrected chi connectivity index (χ0v) is 14.7. The average Bonchev–Trinajstić information content (AvgIpc) is 2.66. The lowest BCUT2D eigenvalue weighted by Gasteiger charge is -2.11. The molecule has 0 saturated heterocycles. The summed E-state index contributed by atoms with van der Waals surface area (Å²) in [7, 11) is 0. The van der Waals surface area contributed by atoms with Crippen molar-refractivity contribution in [3.05, 3.63) is 59.7 Å². The van der Waals surface area contributed by atoms with Crippen molar-refractivity contribution in [2.45, 2.75) is 26.7 Å². The van der Waals surface area contributed by atoms with E-state index in [4.69, 9.17) is 9.47 Å². The number of benzene rings is 2. The lowest BCUT2D eigenvalue weighted by atomic mass is 10.2. The summed E-state index contributed by atoms with van der Waals surface area (Å²) in [5.41, 5.74) is 3.87. The van der Waals surface area contributed by atoms with Gasteiger partial charge in [-0.15, -0.1) is 0 Å². The van der Waals surface area contributed by atoms with Crippen LogP contribution in [0.5, 0.6) is 11.5 Å². The normalized spacial score (nSPS) is 10.6. The molecule has 5 heteroatoms. The maximum absolute atomic E-state index is 12.0. The molecule has 0 radical (unpaired) electrons. The Balaban J connectivity index is 2.07. The van der Waals surface area contributed by atoms with Gasteiger partial charge in [-0.25, -0.2) is 5.43 Å². The van der Waals surface area contributed by atoms with Crippen LogP contribution in [-0.2, 0) is 0 Å². The van der Waals surface area contributed by atoms with Crippen molar-refractivity contribution >= 4 is 12.1 Å². The zero-order valence-electron chi connectivity index (χ0n) is 14.7. The van der Waals surface area contributed by atoms with Gasteiger partial charge >= 0.3 is 0 Å². The Kier molecular flexibility index (Phi) is 7.50. The van der Waals surface area contributed by atoms with Crippen LogP contribution in [0.4, 0.5) is 0 Å². The summed E-state index contributed by atoms with van der Waals surface area (Å²) in [5, 5.41) is 4.03. The second-order valence-electron chi connectivity index (χ2n) is 5.46. The number of hydrogen-bond donors (Lipinski definition) is 1. The van der Waals surface area contributed by atoms with Crippen LogP contribution in [0.1, 0.15) is 42.6 Å². The SMILES string of the molecule is CCCOc1ccc(C=NNC(=O)c2ccccc2)c(OCCC)c1. The van der Waals surface area contributed by atoms with Gasteiger partial charge < -0.3 is 9.47 Å². The molecular weight excluding hydrogens is 316 g/mol. The molecule has 1 amide bonds. The van der Waals surface area contributed by atoms with E-state index in [1.807, 2.05) is 43.3 Å². The first-order chi connectivity index (χ1) is 12.2. The molecule has 132 valence electrons. The number of ether oxygens (including phenoxy) is 2. The van der Waals surface area contributed by atoms with Crippen LogP contribution in [0.3, 0.4) is 0 Å². The maximum Gasteiger partial charge on any atom is 0.271 e. The van der Waals surface area contributed by atoms with Crippen LogP contribution in [-0.4, -0.2) is 25.3 Å². The highest BCUT2D eigenvalue weighted by atomic mass is 16.5. The molecule has 0 bridgehead atoms. The van der Waals surface area contributed by atoms with Crippen LogP contribution < -0.4 is 14.9 Å². The van der Waals surface area contributed by atoms with Gasteiger partial charge in [-0.05, 0) is 37.1 Å². The minimum atomic E-state index is -0.254. The largest absolute Gasteiger partial charge is 0.493 e. The number of nitrogens with one attached hydrogen (secondary N) is 1. The first kappa shape index (κ1) is 18.5. The molecule has 0 saturated carbocycles. The number of hydrogen-bond acceptors (Lipinski definition) is 4. The lowest BCUT2D eigenvalue weighted by Crippen LogP contribution is -2.17. The molecule has 0 spiro atoms. The number of carbonyl (C=O) groups is 1. The molecule has 0 heterocycles. The molecule has 2 aromatic rings. The van der Waals surface area contributed by atoms with E-state index in [9.17, 15) is 4.79 Å². The van der Waals surface area contributed by atoms with Crippen molar-refractivity contribution in [2.75, 3.05) is 13.2 Å². The molecule has 0 aliphatic carbocycles. The fourth-order valence-corrected chi connectivity index (χ4v) is 2.08. The molecule has 25 heavy (non-hydrogen) atoms. The Morgan fingerprint density at radius 3 is 2.48 bits per heavy atom. The van der Waals surface area contributed by atoms with Gasteiger partial charge in [-0.2, -0.15) is 5.10 Å². The van der Waals surface area contributed by atoms with Gasteiger partial charge in [0, 0.05) is 17.2 Å². The molecule has 0 atom stereocenters. The summed E-state index contributed by atoms with van der Waals surface area (Å²) in [6.45, 7) is 5.37. The Morgan fingerprint density at radius 2 is 1.76 bits per heavy atom. The van der Waals surface area contributed by atoms with Crippen molar-refractivity contribution in [3.8, 4) is 11.5 Å². The number of hydrazone groups is 1. The summed E-state index contributed by atoms with van der Waals surface area (Å²) in [6.07, 6.45) is 3.43. The second-order valence-corrected chi connectivity index (χ2v) is 5.46. The zero-order chi connectivity index (χ0) is 17.9. The molecule has 0 aliphatic heterocycles. The van der Waals surface area contributed by atoms with E-state index < -0.39 is 0 Å². The van der Waals surface area contributed by atoms with E-state index in [0.717, 1.165) is 24.2 Å². The molecule has 0 aromatic heterocycles. The van der Waals surface area contributed by atoms with E-state index in [2.05, 4.69) is 17.5 Å². The predicted octanol–water partition coefficient (Wildman–Crippen LogP) is 4.03. The van der Waals surface area contributed by atoms with Crippen LogP contribution in [0.15, 0.2) is 53.6 Å². The highest BCUT2D eigenvalue weighted by Crippen LogP contribution is 2.24. The van der Waals surface area contributed by atoms with Crippen molar-refractivity contribution < 1.29 is 14.3 Å². The average molecular weight is 340 g/mol. The summed E-state index contributed by atoms with van der Waals surface area (Å²) < 4.78 is 11.4. The van der Waals surface area contributed by atoms with Gasteiger partial charge in [-0.3, -0.25) is 4.79 Å². The molecule has 5 nitrogen and oxygen atoms in total. The van der Waals surface area contributed by atoms with Crippen molar-refractivity contribution in [2.24, 2.45) is 5.10 Å². The summed E-state index contributed by atoms with van der Waals surface area (Å²) in [4.78, 5) is 12.0. The number of nitrogens with zero attached hydrogens (tertiary/aromatic N) is 1. The lowest BCUT2D eigenvalue weighted by molar-refractivity contribution is 0.0955. The Bertz CT molecular complexity index is 699. The molecule has 2 aromatic carbocycles. The van der Waals surface area contributed by atoms with E-state index in [1.54, 1.807) is 18.3 Å². The minimum Gasteiger partial charge on any atom is -0.493 e. The Morgan fingerprint density at radius 1 is 1.04 bits per heavy atom. The van der Waals surface area contributed by atoms with Crippen LogP contribution >= 0.6 is 0 Å². The monoisotopic (exact) mass is 340 g/mol. The smallest absolute Gasteiger partial charge is 0.271 e. The molecule has 0 unspecified atom stereocenters. The quantitative estimate of drug-likeness (QED) is 0.554. The highest BCUT2D eigenvalue weighted by Gasteiger charge is 2.06. The topological polar surface area (TPSA) is 59.9 Å². The van der Waals surface area contributed by atoms with Gasteiger partial charge in [0.1, 0.15) is 11.5 Å². The van der Waals surface area contributed by atoms with E-state index in [-0.39, 0.29) is 5.91 Å². The Hall–Kier alpha value is -2.82. The first-order valence-corrected chi connectivity index (χ1v) is 8.52. The third-order valence-corrected chi connectivity index (χ3v) is 3.33. The minimum absolute atomic E-state index is 0.254. The fourth-order valence-electron chi connectivity index (χ4n) is 2.08. The standard InChI is InChI=1S/C20H24N2O3/c1-3-12-24-18-11-10-17(19(14-18)25-13-4-2)15-21-22-20(23)16-8-6-5-7-9-16/h5-11,14-15H,3-4,12-13H2,1-2H3,(H,22,23). The third-order valence-electron chi connectivity index (χ3n) is 3.33. The van der Waals surface area contributed by atoms with E-state index >= 15 is 0 Å².